The monoisotopic (exact) mass is 297 g/mol. The molecule has 1 atom stereocenters. The van der Waals surface area contributed by atoms with Gasteiger partial charge in [-0.25, -0.2) is 4.39 Å². The first kappa shape index (κ1) is 15.5. The Hall–Kier alpha value is -0.930. The summed E-state index contributed by atoms with van der Waals surface area (Å²) >= 11 is 5.90. The lowest BCUT2D eigenvalue weighted by Gasteiger charge is -2.31. The third-order valence-electron chi connectivity index (χ3n) is 3.97. The number of likely N-dealkylation sites (tertiary alicyclic amines) is 1. The van der Waals surface area contributed by atoms with E-state index in [1.54, 1.807) is 0 Å². The molecule has 0 aliphatic carbocycles. The van der Waals surface area contributed by atoms with Gasteiger partial charge in [-0.1, -0.05) is 30.7 Å². The first-order valence-electron chi connectivity index (χ1n) is 7.24. The molecular weight excluding hydrogens is 277 g/mol. The number of Topliss-reactive ketones (excluding diaryl/α,β-unsaturated/α-hetero) is 1. The third kappa shape index (κ3) is 4.03. The number of rotatable bonds is 5. The van der Waals surface area contributed by atoms with Gasteiger partial charge >= 0.3 is 0 Å². The summed E-state index contributed by atoms with van der Waals surface area (Å²) in [6, 6.07) is 7.48. The van der Waals surface area contributed by atoms with E-state index in [0.717, 1.165) is 18.7 Å². The molecule has 110 valence electrons. The molecule has 0 unspecified atom stereocenters. The van der Waals surface area contributed by atoms with Crippen molar-refractivity contribution < 1.29 is 9.18 Å². The van der Waals surface area contributed by atoms with Crippen molar-refractivity contribution in [1.29, 1.82) is 0 Å². The van der Waals surface area contributed by atoms with Crippen LogP contribution in [-0.4, -0.2) is 36.5 Å². The molecule has 1 aromatic rings. The number of carbonyl (C=O) groups excluding carboxylic acids is 1. The second kappa shape index (κ2) is 7.19. The second-order valence-corrected chi connectivity index (χ2v) is 5.84. The summed E-state index contributed by atoms with van der Waals surface area (Å²) < 4.78 is 13.2. The van der Waals surface area contributed by atoms with Crippen LogP contribution in [-0.2, 0) is 4.79 Å². The van der Waals surface area contributed by atoms with E-state index < -0.39 is 6.17 Å². The van der Waals surface area contributed by atoms with E-state index >= 15 is 0 Å². The molecule has 2 rings (SSSR count). The van der Waals surface area contributed by atoms with Crippen molar-refractivity contribution in [2.75, 3.05) is 19.6 Å². The minimum atomic E-state index is -0.679. The number of ketones is 1. The highest BCUT2D eigenvalue weighted by Crippen LogP contribution is 2.24. The lowest BCUT2D eigenvalue weighted by Crippen LogP contribution is -2.38. The van der Waals surface area contributed by atoms with Gasteiger partial charge in [0.1, 0.15) is 12.0 Å². The van der Waals surface area contributed by atoms with Crippen LogP contribution in [0.2, 0.25) is 5.02 Å². The largest absolute Gasteiger partial charge is 0.302 e. The third-order valence-corrected chi connectivity index (χ3v) is 4.22. The molecule has 1 heterocycles. The van der Waals surface area contributed by atoms with Gasteiger partial charge in [-0.2, -0.15) is 0 Å². The summed E-state index contributed by atoms with van der Waals surface area (Å²) in [7, 11) is 0. The minimum absolute atomic E-state index is 0.131. The van der Waals surface area contributed by atoms with Gasteiger partial charge in [0, 0.05) is 31.1 Å². The fourth-order valence-corrected chi connectivity index (χ4v) is 2.80. The predicted molar refractivity (Wildman–Crippen MR) is 80.1 cm³/mol. The van der Waals surface area contributed by atoms with Crippen LogP contribution in [0.15, 0.2) is 24.3 Å². The first-order chi connectivity index (χ1) is 9.60. The van der Waals surface area contributed by atoms with E-state index in [2.05, 4.69) is 4.90 Å². The molecule has 0 N–H and O–H groups in total. The van der Waals surface area contributed by atoms with Crippen LogP contribution in [0.4, 0.5) is 4.39 Å². The number of carbonyl (C=O) groups is 1. The minimum Gasteiger partial charge on any atom is -0.302 e. The van der Waals surface area contributed by atoms with Crippen LogP contribution >= 0.6 is 11.6 Å². The van der Waals surface area contributed by atoms with Crippen molar-refractivity contribution in [3.63, 3.8) is 0 Å². The second-order valence-electron chi connectivity index (χ2n) is 5.40. The summed E-state index contributed by atoms with van der Waals surface area (Å²) in [6.45, 7) is 4.05. The number of hydrogen-bond donors (Lipinski definition) is 0. The molecular formula is C16H21ClFNO. The van der Waals surface area contributed by atoms with Crippen LogP contribution in [0.1, 0.15) is 37.7 Å². The molecule has 2 nitrogen and oxygen atoms in total. The smallest absolute Gasteiger partial charge is 0.141 e. The van der Waals surface area contributed by atoms with Crippen molar-refractivity contribution in [1.82, 2.24) is 4.90 Å². The highest BCUT2D eigenvalue weighted by atomic mass is 35.5. The quantitative estimate of drug-likeness (QED) is 0.823. The van der Waals surface area contributed by atoms with Crippen LogP contribution in [0, 0.1) is 0 Å². The maximum atomic E-state index is 13.2. The molecule has 0 aromatic heterocycles. The SMILES string of the molecule is CCC(=O)[C@H](CN1CCC(F)CC1)c1ccc(Cl)cc1. The molecule has 0 spiro atoms. The highest BCUT2D eigenvalue weighted by molar-refractivity contribution is 6.30. The maximum absolute atomic E-state index is 13.2. The summed E-state index contributed by atoms with van der Waals surface area (Å²) in [5, 5.41) is 0.676. The molecule has 1 fully saturated rings. The van der Waals surface area contributed by atoms with Crippen molar-refractivity contribution in [2.24, 2.45) is 0 Å². The number of nitrogens with zero attached hydrogens (tertiary/aromatic N) is 1. The fraction of sp³-hybridized carbons (Fsp3) is 0.562. The lowest BCUT2D eigenvalue weighted by atomic mass is 9.92. The van der Waals surface area contributed by atoms with Crippen LogP contribution in [0.3, 0.4) is 0 Å². The number of piperidine rings is 1. The zero-order chi connectivity index (χ0) is 14.5. The summed E-state index contributed by atoms with van der Waals surface area (Å²) in [6.07, 6.45) is 0.996. The van der Waals surface area contributed by atoms with Crippen molar-refractivity contribution in [3.8, 4) is 0 Å². The molecule has 20 heavy (non-hydrogen) atoms. The number of benzene rings is 1. The van der Waals surface area contributed by atoms with Crippen LogP contribution in [0.5, 0.6) is 0 Å². The molecule has 4 heteroatoms. The molecule has 0 radical (unpaired) electrons. The summed E-state index contributed by atoms with van der Waals surface area (Å²) in [5.41, 5.74) is 1.00. The van der Waals surface area contributed by atoms with E-state index in [0.29, 0.717) is 30.8 Å². The maximum Gasteiger partial charge on any atom is 0.141 e. The Bertz CT molecular complexity index is 440. The lowest BCUT2D eigenvalue weighted by molar-refractivity contribution is -0.120. The Morgan fingerprint density at radius 1 is 1.35 bits per heavy atom. The Labute approximate surface area is 124 Å². The number of halogens is 2. The molecule has 0 bridgehead atoms. The molecule has 1 aliphatic rings. The molecule has 1 aliphatic heterocycles. The van der Waals surface area contributed by atoms with Gasteiger partial charge < -0.3 is 4.90 Å². The number of alkyl halides is 1. The zero-order valence-electron chi connectivity index (χ0n) is 11.8. The van der Waals surface area contributed by atoms with E-state index in [1.807, 2.05) is 31.2 Å². The summed E-state index contributed by atoms with van der Waals surface area (Å²) in [5.74, 6) is 0.100. The fourth-order valence-electron chi connectivity index (χ4n) is 2.68. The van der Waals surface area contributed by atoms with Crippen molar-refractivity contribution in [2.45, 2.75) is 38.3 Å². The topological polar surface area (TPSA) is 20.3 Å². The standard InChI is InChI=1S/C16H21ClFNO/c1-2-16(20)15(12-3-5-13(17)6-4-12)11-19-9-7-14(18)8-10-19/h3-6,14-15H,2,7-11H2,1H3/t15-/m1/s1. The molecule has 1 aromatic carbocycles. The predicted octanol–water partition coefficient (Wildman–Crippen LogP) is 3.84. The van der Waals surface area contributed by atoms with E-state index in [-0.39, 0.29) is 11.7 Å². The molecule has 0 amide bonds. The molecule has 0 saturated carbocycles. The normalized spacial score (nSPS) is 18.9. The van der Waals surface area contributed by atoms with Crippen molar-refractivity contribution in [3.05, 3.63) is 34.9 Å². The van der Waals surface area contributed by atoms with E-state index in [9.17, 15) is 9.18 Å². The zero-order valence-corrected chi connectivity index (χ0v) is 12.6. The summed E-state index contributed by atoms with van der Waals surface area (Å²) in [4.78, 5) is 14.4. The van der Waals surface area contributed by atoms with Gasteiger partial charge in [-0.05, 0) is 30.5 Å². The van der Waals surface area contributed by atoms with Gasteiger partial charge in [0.25, 0.3) is 0 Å². The van der Waals surface area contributed by atoms with Gasteiger partial charge in [0.15, 0.2) is 0 Å². The highest BCUT2D eigenvalue weighted by Gasteiger charge is 2.25. The average Bonchev–Trinajstić information content (AvgIpc) is 2.47. The number of hydrogen-bond acceptors (Lipinski definition) is 2. The Balaban J connectivity index is 2.08. The van der Waals surface area contributed by atoms with Gasteiger partial charge in [0.2, 0.25) is 0 Å². The van der Waals surface area contributed by atoms with Crippen molar-refractivity contribution >= 4 is 17.4 Å². The first-order valence-corrected chi connectivity index (χ1v) is 7.62. The van der Waals surface area contributed by atoms with E-state index in [1.165, 1.54) is 0 Å². The molecule has 1 saturated heterocycles. The Morgan fingerprint density at radius 3 is 2.50 bits per heavy atom. The van der Waals surface area contributed by atoms with Gasteiger partial charge in [-0.15, -0.1) is 0 Å². The van der Waals surface area contributed by atoms with Gasteiger partial charge in [0.05, 0.1) is 5.92 Å². The van der Waals surface area contributed by atoms with E-state index in [4.69, 9.17) is 11.6 Å². The van der Waals surface area contributed by atoms with Crippen LogP contribution in [0.25, 0.3) is 0 Å². The Morgan fingerprint density at radius 2 is 1.95 bits per heavy atom. The Kier molecular flexibility index (Phi) is 5.55. The average molecular weight is 298 g/mol. The van der Waals surface area contributed by atoms with Crippen LogP contribution < -0.4 is 0 Å². The van der Waals surface area contributed by atoms with Gasteiger partial charge in [-0.3, -0.25) is 4.79 Å².